The van der Waals surface area contributed by atoms with Crippen LogP contribution in [0.3, 0.4) is 0 Å². The number of unbranched alkanes of at least 4 members (excludes halogenated alkanes) is 1. The minimum atomic E-state index is -3.31. The highest BCUT2D eigenvalue weighted by Gasteiger charge is 2.43. The third-order valence-electron chi connectivity index (χ3n) is 7.49. The number of ether oxygens (including phenoxy) is 1. The summed E-state index contributed by atoms with van der Waals surface area (Å²) < 4.78 is 32.7. The number of aldehydes is 1. The van der Waals surface area contributed by atoms with Crippen LogP contribution in [0.2, 0.25) is 0 Å². The summed E-state index contributed by atoms with van der Waals surface area (Å²) in [4.78, 5) is 11.9. The van der Waals surface area contributed by atoms with Crippen LogP contribution in [-0.2, 0) is 19.4 Å². The molecule has 4 nitrogen and oxygen atoms in total. The summed E-state index contributed by atoms with van der Waals surface area (Å²) in [7, 11) is -1.57. The summed E-state index contributed by atoms with van der Waals surface area (Å²) in [5.74, 6) is 0.872. The van der Waals surface area contributed by atoms with Crippen molar-refractivity contribution in [3.63, 3.8) is 0 Å². The lowest BCUT2D eigenvalue weighted by molar-refractivity contribution is -0.115. The number of rotatable bonds is 11. The molecular formula is C23H42O4S. The Morgan fingerprint density at radius 2 is 1.79 bits per heavy atom. The number of hydrogen-bond acceptors (Lipinski definition) is 4. The lowest BCUT2D eigenvalue weighted by Gasteiger charge is -2.39. The Morgan fingerprint density at radius 1 is 1.07 bits per heavy atom. The lowest BCUT2D eigenvalue weighted by atomic mass is 9.76. The average Bonchev–Trinajstić information content (AvgIpc) is 2.71. The molecule has 0 aromatic rings. The van der Waals surface area contributed by atoms with Gasteiger partial charge in [-0.1, -0.05) is 58.8 Å². The Kier molecular flexibility index (Phi) is 9.46. The van der Waals surface area contributed by atoms with Crippen molar-refractivity contribution >= 4 is 16.1 Å². The van der Waals surface area contributed by atoms with Crippen molar-refractivity contribution in [1.29, 1.82) is 0 Å². The van der Waals surface area contributed by atoms with Gasteiger partial charge < -0.3 is 9.53 Å². The van der Waals surface area contributed by atoms with Crippen molar-refractivity contribution in [2.24, 2.45) is 17.3 Å². The first-order valence-corrected chi connectivity index (χ1v) is 13.3. The van der Waals surface area contributed by atoms with Crippen LogP contribution in [0.1, 0.15) is 97.3 Å². The number of sulfone groups is 1. The van der Waals surface area contributed by atoms with Gasteiger partial charge in [-0.25, -0.2) is 8.42 Å². The Bertz CT molecular complexity index is 567. The molecule has 0 bridgehead atoms. The second-order valence-corrected chi connectivity index (χ2v) is 11.7. The van der Waals surface area contributed by atoms with E-state index in [1.165, 1.54) is 32.1 Å². The molecule has 0 heterocycles. The Labute approximate surface area is 173 Å². The molecule has 0 N–H and O–H groups in total. The second kappa shape index (κ2) is 11.1. The number of methoxy groups -OCH3 is 1. The van der Waals surface area contributed by atoms with Crippen LogP contribution in [0.4, 0.5) is 0 Å². The van der Waals surface area contributed by atoms with Crippen molar-refractivity contribution in [3.05, 3.63) is 0 Å². The summed E-state index contributed by atoms with van der Waals surface area (Å²) in [6.07, 6.45) is 14.0. The maximum Gasteiger partial charge on any atom is 0.154 e. The standard InChI is InChI=1S/C23H42O4S/c1-4-6-14-23(5-2,17-24)18-28(25,26)22-13-12-21(27-3)16-20(22)15-19-10-8-7-9-11-19/h17,19-22H,4-16,18H2,1-3H3. The fourth-order valence-corrected chi connectivity index (χ4v) is 8.28. The first kappa shape index (κ1) is 23.9. The van der Waals surface area contributed by atoms with Gasteiger partial charge in [0.05, 0.1) is 17.1 Å². The Balaban J connectivity index is 2.17. The van der Waals surface area contributed by atoms with Gasteiger partial charge in [0, 0.05) is 12.5 Å². The highest BCUT2D eigenvalue weighted by Crippen LogP contribution is 2.41. The fraction of sp³-hybridized carbons (Fsp3) is 0.957. The van der Waals surface area contributed by atoms with Crippen molar-refractivity contribution in [1.82, 2.24) is 0 Å². The maximum absolute atomic E-state index is 13.5. The first-order chi connectivity index (χ1) is 13.4. The van der Waals surface area contributed by atoms with Crippen molar-refractivity contribution < 1.29 is 17.9 Å². The predicted molar refractivity (Wildman–Crippen MR) is 115 cm³/mol. The van der Waals surface area contributed by atoms with Crippen LogP contribution >= 0.6 is 0 Å². The topological polar surface area (TPSA) is 60.4 Å². The van der Waals surface area contributed by atoms with Crippen LogP contribution in [0.15, 0.2) is 0 Å². The van der Waals surface area contributed by atoms with Crippen molar-refractivity contribution in [2.45, 2.75) is 109 Å². The number of carbonyl (C=O) groups excluding carboxylic acids is 1. The third-order valence-corrected chi connectivity index (χ3v) is 10.0. The molecule has 0 spiro atoms. The summed E-state index contributed by atoms with van der Waals surface area (Å²) in [6, 6.07) is 0. The van der Waals surface area contributed by atoms with Gasteiger partial charge in [0.25, 0.3) is 0 Å². The Hall–Kier alpha value is -0.420. The fourth-order valence-electron chi connectivity index (χ4n) is 5.54. The van der Waals surface area contributed by atoms with Gasteiger partial charge in [-0.2, -0.15) is 0 Å². The largest absolute Gasteiger partial charge is 0.381 e. The molecule has 0 radical (unpaired) electrons. The molecule has 5 heteroatoms. The summed E-state index contributed by atoms with van der Waals surface area (Å²) >= 11 is 0. The maximum atomic E-state index is 13.5. The molecule has 4 atom stereocenters. The van der Waals surface area contributed by atoms with Gasteiger partial charge in [-0.05, 0) is 50.4 Å². The van der Waals surface area contributed by atoms with E-state index in [-0.39, 0.29) is 23.0 Å². The highest BCUT2D eigenvalue weighted by atomic mass is 32.2. The monoisotopic (exact) mass is 414 g/mol. The molecule has 0 aromatic heterocycles. The van der Waals surface area contributed by atoms with Crippen molar-refractivity contribution in [2.75, 3.05) is 12.9 Å². The Morgan fingerprint density at radius 3 is 2.36 bits per heavy atom. The van der Waals surface area contributed by atoms with Crippen LogP contribution < -0.4 is 0 Å². The zero-order valence-electron chi connectivity index (χ0n) is 18.3. The average molecular weight is 415 g/mol. The van der Waals surface area contributed by atoms with Crippen LogP contribution in [0.25, 0.3) is 0 Å². The third kappa shape index (κ3) is 6.29. The van der Waals surface area contributed by atoms with Crippen LogP contribution in [0.5, 0.6) is 0 Å². The smallest absolute Gasteiger partial charge is 0.154 e. The predicted octanol–water partition coefficient (Wildman–Crippen LogP) is 5.34. The molecule has 0 saturated heterocycles. The van der Waals surface area contributed by atoms with Gasteiger partial charge in [-0.3, -0.25) is 0 Å². The van der Waals surface area contributed by atoms with Gasteiger partial charge in [0.1, 0.15) is 6.29 Å². The van der Waals surface area contributed by atoms with Gasteiger partial charge >= 0.3 is 0 Å². The van der Waals surface area contributed by atoms with Gasteiger partial charge in [-0.15, -0.1) is 0 Å². The van der Waals surface area contributed by atoms with E-state index in [0.29, 0.717) is 25.2 Å². The van der Waals surface area contributed by atoms with E-state index >= 15 is 0 Å². The molecule has 2 aliphatic rings. The van der Waals surface area contributed by atoms with Crippen LogP contribution in [0, 0.1) is 17.3 Å². The molecule has 0 aliphatic heterocycles. The molecule has 2 rings (SSSR count). The van der Waals surface area contributed by atoms with Crippen molar-refractivity contribution in [3.8, 4) is 0 Å². The summed E-state index contributed by atoms with van der Waals surface area (Å²) in [6.45, 7) is 4.05. The highest BCUT2D eigenvalue weighted by molar-refractivity contribution is 7.92. The second-order valence-electron chi connectivity index (χ2n) is 9.45. The molecule has 28 heavy (non-hydrogen) atoms. The molecule has 0 aromatic carbocycles. The van der Waals surface area contributed by atoms with E-state index in [2.05, 4.69) is 6.92 Å². The minimum absolute atomic E-state index is 0.0312. The molecule has 164 valence electrons. The molecule has 0 amide bonds. The minimum Gasteiger partial charge on any atom is -0.381 e. The molecule has 2 saturated carbocycles. The first-order valence-electron chi connectivity index (χ1n) is 11.6. The van der Waals surface area contributed by atoms with Crippen LogP contribution in [-0.4, -0.2) is 38.9 Å². The van der Waals surface area contributed by atoms with Gasteiger partial charge in [0.15, 0.2) is 9.84 Å². The van der Waals surface area contributed by atoms with E-state index in [4.69, 9.17) is 4.74 Å². The SMILES string of the molecule is CCCCC(C=O)(CC)CS(=O)(=O)C1CCC(OC)CC1CC1CCCCC1. The zero-order chi connectivity index (χ0) is 20.6. The van der Waals surface area contributed by atoms with Gasteiger partial charge in [0.2, 0.25) is 0 Å². The molecular weight excluding hydrogens is 372 g/mol. The molecule has 2 aliphatic carbocycles. The summed E-state index contributed by atoms with van der Waals surface area (Å²) in [5.41, 5.74) is -0.706. The lowest BCUT2D eigenvalue weighted by Crippen LogP contribution is -2.44. The van der Waals surface area contributed by atoms with E-state index in [1.807, 2.05) is 6.92 Å². The molecule has 4 unspecified atom stereocenters. The quantitative estimate of drug-likeness (QED) is 0.428. The number of carbonyl (C=O) groups is 1. The zero-order valence-corrected chi connectivity index (χ0v) is 19.1. The number of hydrogen-bond donors (Lipinski definition) is 0. The summed E-state index contributed by atoms with van der Waals surface area (Å²) in [5, 5.41) is -0.298. The van der Waals surface area contributed by atoms with E-state index in [9.17, 15) is 13.2 Å². The van der Waals surface area contributed by atoms with E-state index in [1.54, 1.807) is 7.11 Å². The van der Waals surface area contributed by atoms with E-state index in [0.717, 1.165) is 38.4 Å². The van der Waals surface area contributed by atoms with E-state index < -0.39 is 15.3 Å². The molecule has 2 fully saturated rings. The normalized spacial score (nSPS) is 29.3.